The number of sulfonamides is 1. The van der Waals surface area contributed by atoms with E-state index in [2.05, 4.69) is 30.8 Å². The predicted molar refractivity (Wildman–Crippen MR) is 72.7 cm³/mol. The third-order valence-electron chi connectivity index (χ3n) is 2.19. The summed E-state index contributed by atoms with van der Waals surface area (Å²) in [6, 6.07) is 6.09. The first kappa shape index (κ1) is 12.9. The van der Waals surface area contributed by atoms with Gasteiger partial charge in [0.1, 0.15) is 4.90 Å². The van der Waals surface area contributed by atoms with Crippen molar-refractivity contribution >= 4 is 37.5 Å². The first-order valence-electron chi connectivity index (χ1n) is 4.98. The third kappa shape index (κ3) is 2.65. The fraction of sp³-hybridized carbons (Fsp3) is 0.100. The molecule has 2 rings (SSSR count). The molecule has 0 radical (unpaired) electrons. The molecule has 0 aliphatic carbocycles. The molecule has 96 valence electrons. The minimum Gasteiger partial charge on any atom is -0.399 e. The van der Waals surface area contributed by atoms with Gasteiger partial charge in [0.15, 0.2) is 5.82 Å². The van der Waals surface area contributed by atoms with Crippen LogP contribution in [0.4, 0.5) is 11.5 Å². The number of H-pyrrole nitrogens is 1. The maximum absolute atomic E-state index is 12.1. The van der Waals surface area contributed by atoms with E-state index in [0.717, 1.165) is 5.69 Å². The third-order valence-corrected chi connectivity index (χ3v) is 4.52. The van der Waals surface area contributed by atoms with E-state index in [0.29, 0.717) is 10.2 Å². The molecule has 1 heterocycles. The van der Waals surface area contributed by atoms with Gasteiger partial charge in [-0.1, -0.05) is 0 Å². The smallest absolute Gasteiger partial charge is 0.264 e. The van der Waals surface area contributed by atoms with Crippen LogP contribution in [0.2, 0.25) is 0 Å². The quantitative estimate of drug-likeness (QED) is 0.747. The van der Waals surface area contributed by atoms with Crippen LogP contribution in [-0.4, -0.2) is 18.6 Å². The van der Waals surface area contributed by atoms with Crippen molar-refractivity contribution in [3.63, 3.8) is 0 Å². The molecule has 0 unspecified atom stereocenters. The summed E-state index contributed by atoms with van der Waals surface area (Å²) in [6.45, 7) is 1.78. The van der Waals surface area contributed by atoms with Gasteiger partial charge in [0.25, 0.3) is 10.0 Å². The fourth-order valence-electron chi connectivity index (χ4n) is 1.40. The zero-order valence-corrected chi connectivity index (χ0v) is 11.8. The van der Waals surface area contributed by atoms with Crippen molar-refractivity contribution in [1.82, 2.24) is 10.2 Å². The standard InChI is InChI=1S/C10H11BrN4O2S/c1-6-4-10(14-13-6)15-18(16,17)9-3-2-7(12)5-8(9)11/h2-5H,12H2,1H3,(H2,13,14,15). The lowest BCUT2D eigenvalue weighted by atomic mass is 10.3. The van der Waals surface area contributed by atoms with Crippen molar-refractivity contribution in [1.29, 1.82) is 0 Å². The Morgan fingerprint density at radius 1 is 1.39 bits per heavy atom. The summed E-state index contributed by atoms with van der Waals surface area (Å²) >= 11 is 3.17. The lowest BCUT2D eigenvalue weighted by Gasteiger charge is -2.07. The largest absolute Gasteiger partial charge is 0.399 e. The van der Waals surface area contributed by atoms with Gasteiger partial charge in [0, 0.05) is 21.9 Å². The first-order valence-corrected chi connectivity index (χ1v) is 7.26. The van der Waals surface area contributed by atoms with Crippen molar-refractivity contribution in [3.05, 3.63) is 34.4 Å². The minimum absolute atomic E-state index is 0.109. The molecule has 0 amide bonds. The van der Waals surface area contributed by atoms with Crippen LogP contribution < -0.4 is 10.5 Å². The van der Waals surface area contributed by atoms with Gasteiger partial charge in [-0.2, -0.15) is 5.10 Å². The predicted octanol–water partition coefficient (Wildman–Crippen LogP) is 1.86. The highest BCUT2D eigenvalue weighted by Gasteiger charge is 2.18. The maximum Gasteiger partial charge on any atom is 0.264 e. The molecule has 8 heteroatoms. The maximum atomic E-state index is 12.1. The van der Waals surface area contributed by atoms with Gasteiger partial charge in [-0.25, -0.2) is 8.42 Å². The van der Waals surface area contributed by atoms with Gasteiger partial charge in [-0.3, -0.25) is 9.82 Å². The van der Waals surface area contributed by atoms with Crippen LogP contribution in [0.15, 0.2) is 33.6 Å². The topological polar surface area (TPSA) is 101 Å². The van der Waals surface area contributed by atoms with E-state index >= 15 is 0 Å². The summed E-state index contributed by atoms with van der Waals surface area (Å²) in [5.74, 6) is 0.247. The zero-order valence-electron chi connectivity index (χ0n) is 9.44. The first-order chi connectivity index (χ1) is 8.38. The Morgan fingerprint density at radius 3 is 2.67 bits per heavy atom. The van der Waals surface area contributed by atoms with Crippen LogP contribution in [0.1, 0.15) is 5.69 Å². The Labute approximate surface area is 113 Å². The number of hydrogen-bond donors (Lipinski definition) is 3. The summed E-state index contributed by atoms with van der Waals surface area (Å²) in [5.41, 5.74) is 6.81. The van der Waals surface area contributed by atoms with Crippen LogP contribution in [0, 0.1) is 6.92 Å². The molecule has 18 heavy (non-hydrogen) atoms. The average molecular weight is 331 g/mol. The number of anilines is 2. The molecule has 0 aliphatic rings. The second-order valence-corrected chi connectivity index (χ2v) is 6.24. The summed E-state index contributed by atoms with van der Waals surface area (Å²) < 4.78 is 27.0. The second-order valence-electron chi connectivity index (χ2n) is 3.73. The van der Waals surface area contributed by atoms with Gasteiger partial charge < -0.3 is 5.73 Å². The number of halogens is 1. The SMILES string of the molecule is Cc1cc(NS(=O)(=O)c2ccc(N)cc2Br)n[nH]1. The summed E-state index contributed by atoms with van der Waals surface area (Å²) in [5, 5.41) is 6.48. The van der Waals surface area contributed by atoms with E-state index in [1.54, 1.807) is 13.0 Å². The van der Waals surface area contributed by atoms with Crippen molar-refractivity contribution in [3.8, 4) is 0 Å². The Bertz CT molecular complexity index is 681. The molecule has 4 N–H and O–H groups in total. The Balaban J connectivity index is 2.36. The molecule has 1 aromatic carbocycles. The molecular weight excluding hydrogens is 320 g/mol. The van der Waals surface area contributed by atoms with Crippen LogP contribution in [0.25, 0.3) is 0 Å². The number of rotatable bonds is 3. The molecule has 1 aromatic heterocycles. The number of nitrogen functional groups attached to an aromatic ring is 1. The molecule has 0 spiro atoms. The molecule has 6 nitrogen and oxygen atoms in total. The highest BCUT2D eigenvalue weighted by atomic mass is 79.9. The number of hydrogen-bond acceptors (Lipinski definition) is 4. The van der Waals surface area contributed by atoms with E-state index in [1.165, 1.54) is 18.2 Å². The van der Waals surface area contributed by atoms with Gasteiger partial charge in [-0.05, 0) is 41.1 Å². The van der Waals surface area contributed by atoms with Crippen molar-refractivity contribution < 1.29 is 8.42 Å². The lowest BCUT2D eigenvalue weighted by molar-refractivity contribution is 0.600. The second kappa shape index (κ2) is 4.62. The number of nitrogens with one attached hydrogen (secondary N) is 2. The summed E-state index contributed by atoms with van der Waals surface area (Å²) in [7, 11) is -3.68. The molecule has 0 saturated carbocycles. The van der Waals surface area contributed by atoms with Crippen molar-refractivity contribution in [2.75, 3.05) is 10.5 Å². The van der Waals surface area contributed by atoms with E-state index in [9.17, 15) is 8.42 Å². The van der Waals surface area contributed by atoms with E-state index in [-0.39, 0.29) is 10.7 Å². The van der Waals surface area contributed by atoms with Gasteiger partial charge in [0.05, 0.1) is 0 Å². The molecule has 0 bridgehead atoms. The normalized spacial score (nSPS) is 11.4. The number of aryl methyl sites for hydroxylation is 1. The monoisotopic (exact) mass is 330 g/mol. The van der Waals surface area contributed by atoms with Crippen LogP contribution in [0.3, 0.4) is 0 Å². The number of aromatic nitrogens is 2. The van der Waals surface area contributed by atoms with E-state index in [1.807, 2.05) is 0 Å². The molecule has 0 fully saturated rings. The number of benzene rings is 1. The Morgan fingerprint density at radius 2 is 2.11 bits per heavy atom. The molecule has 2 aromatic rings. The van der Waals surface area contributed by atoms with Crippen LogP contribution in [0.5, 0.6) is 0 Å². The van der Waals surface area contributed by atoms with Crippen molar-refractivity contribution in [2.45, 2.75) is 11.8 Å². The highest BCUT2D eigenvalue weighted by molar-refractivity contribution is 9.10. The summed E-state index contributed by atoms with van der Waals surface area (Å²) in [6.07, 6.45) is 0. The molecule has 0 saturated heterocycles. The fourth-order valence-corrected chi connectivity index (χ4v) is 3.49. The Kier molecular flexibility index (Phi) is 3.31. The van der Waals surface area contributed by atoms with E-state index in [4.69, 9.17) is 5.73 Å². The number of aromatic amines is 1. The van der Waals surface area contributed by atoms with Gasteiger partial charge in [0.2, 0.25) is 0 Å². The van der Waals surface area contributed by atoms with Gasteiger partial charge in [-0.15, -0.1) is 0 Å². The Hall–Kier alpha value is -1.54. The van der Waals surface area contributed by atoms with Crippen LogP contribution in [-0.2, 0) is 10.0 Å². The molecular formula is C10H11BrN4O2S. The number of nitrogens with two attached hydrogens (primary N) is 1. The van der Waals surface area contributed by atoms with E-state index < -0.39 is 10.0 Å². The zero-order chi connectivity index (χ0) is 13.3. The summed E-state index contributed by atoms with van der Waals surface area (Å²) in [4.78, 5) is 0.109. The van der Waals surface area contributed by atoms with Crippen molar-refractivity contribution in [2.24, 2.45) is 0 Å². The highest BCUT2D eigenvalue weighted by Crippen LogP contribution is 2.25. The lowest BCUT2D eigenvalue weighted by Crippen LogP contribution is -2.14. The minimum atomic E-state index is -3.68. The van der Waals surface area contributed by atoms with Gasteiger partial charge >= 0.3 is 0 Å². The van der Waals surface area contributed by atoms with Crippen LogP contribution >= 0.6 is 15.9 Å². The molecule has 0 atom stereocenters. The average Bonchev–Trinajstić information content (AvgIpc) is 2.62. The number of nitrogens with zero attached hydrogens (tertiary/aromatic N) is 1. The molecule has 0 aliphatic heterocycles.